The van der Waals surface area contributed by atoms with Crippen molar-refractivity contribution in [3.05, 3.63) is 65.7 Å². The van der Waals surface area contributed by atoms with Crippen molar-refractivity contribution < 1.29 is 9.53 Å². The van der Waals surface area contributed by atoms with Crippen LogP contribution < -0.4 is 0 Å². The Hall–Kier alpha value is -2.81. The highest BCUT2D eigenvalue weighted by Gasteiger charge is 2.22. The molecule has 0 aliphatic carbocycles. The topological polar surface area (TPSA) is 42.1 Å². The summed E-state index contributed by atoms with van der Waals surface area (Å²) in [4.78, 5) is 15.6. The van der Waals surface area contributed by atoms with Crippen molar-refractivity contribution in [1.82, 2.24) is 4.98 Å². The summed E-state index contributed by atoms with van der Waals surface area (Å²) < 4.78 is 4.88. The number of ether oxygens (including phenoxy) is 1. The predicted molar refractivity (Wildman–Crippen MR) is 113 cm³/mol. The van der Waals surface area contributed by atoms with Crippen LogP contribution in [0.4, 0.5) is 0 Å². The van der Waals surface area contributed by atoms with Crippen molar-refractivity contribution >= 4 is 22.9 Å². The number of nitrogens with one attached hydrogen (secondary N) is 1. The van der Waals surface area contributed by atoms with Crippen LogP contribution >= 0.6 is 0 Å². The van der Waals surface area contributed by atoms with E-state index < -0.39 is 0 Å². The second-order valence-electron chi connectivity index (χ2n) is 6.85. The van der Waals surface area contributed by atoms with E-state index in [1.807, 2.05) is 30.3 Å². The Kier molecular flexibility index (Phi) is 5.80. The number of aromatic nitrogens is 1. The molecule has 1 unspecified atom stereocenters. The summed E-state index contributed by atoms with van der Waals surface area (Å²) in [6.45, 7) is 8.44. The Labute approximate surface area is 161 Å². The average Bonchev–Trinajstić information content (AvgIpc) is 3.09. The number of carbonyl (C=O) groups excluding carboxylic acids is 1. The number of hydrogen-bond donors (Lipinski definition) is 1. The zero-order chi connectivity index (χ0) is 19.4. The maximum Gasteiger partial charge on any atom is 0.337 e. The highest BCUT2D eigenvalue weighted by Crippen LogP contribution is 2.40. The molecule has 0 aliphatic rings. The Morgan fingerprint density at radius 1 is 1.22 bits per heavy atom. The number of methoxy groups -OCH3 is 1. The fourth-order valence-electron chi connectivity index (χ4n) is 3.90. The molecule has 1 aromatic heterocycles. The van der Waals surface area contributed by atoms with E-state index >= 15 is 0 Å². The van der Waals surface area contributed by atoms with Crippen molar-refractivity contribution in [3.63, 3.8) is 0 Å². The number of carbonyl (C=O) groups is 1. The first-order valence-corrected chi connectivity index (χ1v) is 9.60. The Bertz CT molecular complexity index is 968. The predicted octanol–water partition coefficient (Wildman–Crippen LogP) is 6.56. The first-order chi connectivity index (χ1) is 13.1. The second-order valence-corrected chi connectivity index (χ2v) is 6.85. The SMILES string of the molecule is C=Cc1ccccc1-c1[nH]c2cc(C(=O)OC)ccc2c1C(CC)CCC. The third-order valence-corrected chi connectivity index (χ3v) is 5.25. The lowest BCUT2D eigenvalue weighted by atomic mass is 9.87. The molecule has 2 aromatic carbocycles. The van der Waals surface area contributed by atoms with Gasteiger partial charge in [0.1, 0.15) is 0 Å². The molecule has 1 atom stereocenters. The standard InChI is InChI=1S/C24H27NO2/c1-5-10-17(7-3)22-20-14-13-18(24(26)27-4)15-21(20)25-23(22)19-12-9-8-11-16(19)6-2/h6,8-9,11-15,17,25H,2,5,7,10H2,1,3-4H3. The molecular formula is C24H27NO2. The van der Waals surface area contributed by atoms with Gasteiger partial charge in [-0.1, -0.05) is 63.3 Å². The fraction of sp³-hybridized carbons (Fsp3) is 0.292. The Morgan fingerprint density at radius 3 is 2.67 bits per heavy atom. The Balaban J connectivity index is 2.29. The van der Waals surface area contributed by atoms with E-state index in [-0.39, 0.29) is 5.97 Å². The van der Waals surface area contributed by atoms with Crippen molar-refractivity contribution in [2.24, 2.45) is 0 Å². The summed E-state index contributed by atoms with van der Waals surface area (Å²) in [5.74, 6) is 0.141. The van der Waals surface area contributed by atoms with Crippen LogP contribution in [0.5, 0.6) is 0 Å². The minimum absolute atomic E-state index is 0.318. The lowest BCUT2D eigenvalue weighted by Crippen LogP contribution is -2.01. The molecule has 140 valence electrons. The van der Waals surface area contributed by atoms with E-state index in [4.69, 9.17) is 4.74 Å². The van der Waals surface area contributed by atoms with E-state index in [1.165, 1.54) is 18.1 Å². The van der Waals surface area contributed by atoms with Gasteiger partial charge >= 0.3 is 5.97 Å². The monoisotopic (exact) mass is 361 g/mol. The van der Waals surface area contributed by atoms with Gasteiger partial charge < -0.3 is 9.72 Å². The minimum Gasteiger partial charge on any atom is -0.465 e. The van der Waals surface area contributed by atoms with Gasteiger partial charge in [0.15, 0.2) is 0 Å². The summed E-state index contributed by atoms with van der Waals surface area (Å²) in [5, 5.41) is 1.18. The number of benzene rings is 2. The lowest BCUT2D eigenvalue weighted by Gasteiger charge is -2.17. The van der Waals surface area contributed by atoms with Crippen LogP contribution in [0.3, 0.4) is 0 Å². The summed E-state index contributed by atoms with van der Waals surface area (Å²) in [6.07, 6.45) is 5.23. The molecule has 1 N–H and O–H groups in total. The molecule has 1 heterocycles. The molecule has 0 aliphatic heterocycles. The smallest absolute Gasteiger partial charge is 0.337 e. The third-order valence-electron chi connectivity index (χ3n) is 5.25. The number of hydrogen-bond acceptors (Lipinski definition) is 2. The fourth-order valence-corrected chi connectivity index (χ4v) is 3.90. The van der Waals surface area contributed by atoms with E-state index in [0.717, 1.165) is 41.6 Å². The zero-order valence-corrected chi connectivity index (χ0v) is 16.3. The van der Waals surface area contributed by atoms with Gasteiger partial charge in [-0.3, -0.25) is 0 Å². The molecule has 0 radical (unpaired) electrons. The lowest BCUT2D eigenvalue weighted by molar-refractivity contribution is 0.0601. The summed E-state index contributed by atoms with van der Waals surface area (Å²) in [7, 11) is 1.41. The highest BCUT2D eigenvalue weighted by atomic mass is 16.5. The number of rotatable bonds is 7. The molecular weight excluding hydrogens is 334 g/mol. The molecule has 3 heteroatoms. The molecule has 3 nitrogen and oxygen atoms in total. The quantitative estimate of drug-likeness (QED) is 0.484. The first kappa shape index (κ1) is 19.0. The largest absolute Gasteiger partial charge is 0.465 e. The molecule has 0 amide bonds. The maximum atomic E-state index is 12.0. The van der Waals surface area contributed by atoms with Crippen LogP contribution in [0.1, 0.15) is 60.5 Å². The first-order valence-electron chi connectivity index (χ1n) is 9.60. The van der Waals surface area contributed by atoms with E-state index in [0.29, 0.717) is 11.5 Å². The number of esters is 1. The van der Waals surface area contributed by atoms with Crippen molar-refractivity contribution in [1.29, 1.82) is 0 Å². The zero-order valence-electron chi connectivity index (χ0n) is 16.3. The highest BCUT2D eigenvalue weighted by molar-refractivity contribution is 5.98. The van der Waals surface area contributed by atoms with Gasteiger partial charge in [0.2, 0.25) is 0 Å². The van der Waals surface area contributed by atoms with Gasteiger partial charge in [0, 0.05) is 16.5 Å². The van der Waals surface area contributed by atoms with Crippen LogP contribution in [0.15, 0.2) is 49.0 Å². The van der Waals surface area contributed by atoms with E-state index in [1.54, 1.807) is 0 Å². The average molecular weight is 361 g/mol. The molecule has 3 rings (SSSR count). The number of aromatic amines is 1. The van der Waals surface area contributed by atoms with Crippen molar-refractivity contribution in [2.75, 3.05) is 7.11 Å². The minimum atomic E-state index is -0.318. The third kappa shape index (κ3) is 3.55. The van der Waals surface area contributed by atoms with Gasteiger partial charge in [-0.15, -0.1) is 0 Å². The maximum absolute atomic E-state index is 12.0. The Morgan fingerprint density at radius 2 is 2.00 bits per heavy atom. The van der Waals surface area contributed by atoms with Gasteiger partial charge in [0.25, 0.3) is 0 Å². The normalized spacial score (nSPS) is 12.1. The van der Waals surface area contributed by atoms with Gasteiger partial charge in [-0.25, -0.2) is 4.79 Å². The number of H-pyrrole nitrogens is 1. The molecule has 0 spiro atoms. The van der Waals surface area contributed by atoms with Gasteiger partial charge in [-0.05, 0) is 42.0 Å². The molecule has 0 bridgehead atoms. The summed E-state index contributed by atoms with van der Waals surface area (Å²) in [5.41, 5.74) is 6.24. The summed E-state index contributed by atoms with van der Waals surface area (Å²) >= 11 is 0. The van der Waals surface area contributed by atoms with Crippen LogP contribution in [0.2, 0.25) is 0 Å². The van der Waals surface area contributed by atoms with E-state index in [2.05, 4.69) is 43.6 Å². The van der Waals surface area contributed by atoms with Crippen LogP contribution in [0.25, 0.3) is 28.2 Å². The molecule has 3 aromatic rings. The molecule has 27 heavy (non-hydrogen) atoms. The molecule has 0 saturated carbocycles. The van der Waals surface area contributed by atoms with Crippen LogP contribution in [-0.2, 0) is 4.74 Å². The van der Waals surface area contributed by atoms with Gasteiger partial charge in [-0.2, -0.15) is 0 Å². The van der Waals surface area contributed by atoms with Crippen molar-refractivity contribution in [2.45, 2.75) is 39.0 Å². The van der Waals surface area contributed by atoms with Crippen molar-refractivity contribution in [3.8, 4) is 11.3 Å². The van der Waals surface area contributed by atoms with E-state index in [9.17, 15) is 4.79 Å². The molecule has 0 saturated heterocycles. The molecule has 0 fully saturated rings. The second kappa shape index (κ2) is 8.26. The van der Waals surface area contributed by atoms with Crippen LogP contribution in [-0.4, -0.2) is 18.1 Å². The van der Waals surface area contributed by atoms with Gasteiger partial charge in [0.05, 0.1) is 18.4 Å². The number of fused-ring (bicyclic) bond motifs is 1. The van der Waals surface area contributed by atoms with Crippen LogP contribution in [0, 0.1) is 0 Å². The summed E-state index contributed by atoms with van der Waals surface area (Å²) in [6, 6.07) is 14.1.